The first-order chi connectivity index (χ1) is 9.19. The molecule has 0 saturated carbocycles. The summed E-state index contributed by atoms with van der Waals surface area (Å²) >= 11 is 0. The number of nitrogens with zero attached hydrogens (tertiary/aromatic N) is 1. The summed E-state index contributed by atoms with van der Waals surface area (Å²) in [6.07, 6.45) is 2.76. The van der Waals surface area contributed by atoms with Crippen LogP contribution in [0.15, 0.2) is 34.1 Å². The summed E-state index contributed by atoms with van der Waals surface area (Å²) in [7, 11) is -0.730. The normalized spacial score (nSPS) is 12.8. The van der Waals surface area contributed by atoms with Crippen LogP contribution in [0.3, 0.4) is 0 Å². The van der Waals surface area contributed by atoms with Crippen molar-refractivity contribution in [2.24, 2.45) is 0 Å². The molecule has 0 unspecified atom stereocenters. The number of halogens is 1. The maximum Gasteiger partial charge on any atom is 0.261 e. The average molecular weight is 340 g/mol. The van der Waals surface area contributed by atoms with Gasteiger partial charge in [-0.25, -0.2) is 21.1 Å². The fraction of sp³-hybridized carbons (Fsp3) is 0.500. The molecule has 0 amide bonds. The quantitative estimate of drug-likeness (QED) is 0.565. The van der Waals surface area contributed by atoms with Crippen molar-refractivity contribution in [3.63, 3.8) is 0 Å². The molecule has 0 N–H and O–H groups in total. The molecule has 20 heavy (non-hydrogen) atoms. The van der Waals surface area contributed by atoms with E-state index in [1.165, 1.54) is 35.6 Å². The van der Waals surface area contributed by atoms with Crippen molar-refractivity contribution in [3.05, 3.63) is 24.3 Å². The first-order valence-electron chi connectivity index (χ1n) is 6.20. The Bertz CT molecular complexity index is 639. The molecule has 1 aromatic carbocycles. The van der Waals surface area contributed by atoms with Crippen LogP contribution in [0, 0.1) is 0 Å². The summed E-state index contributed by atoms with van der Waals surface area (Å²) in [4.78, 5) is -0.0627. The maximum absolute atomic E-state index is 12.2. The number of hydrogen-bond acceptors (Lipinski definition) is 4. The van der Waals surface area contributed by atoms with Gasteiger partial charge >= 0.3 is 0 Å². The summed E-state index contributed by atoms with van der Waals surface area (Å²) in [5.41, 5.74) is 0. The molecule has 0 aliphatic carbocycles. The molecule has 0 bridgehead atoms. The van der Waals surface area contributed by atoms with Gasteiger partial charge in [0.05, 0.1) is 9.79 Å². The van der Waals surface area contributed by atoms with Gasteiger partial charge in [0, 0.05) is 24.3 Å². The third-order valence-electron chi connectivity index (χ3n) is 2.89. The molecule has 1 aromatic rings. The lowest BCUT2D eigenvalue weighted by Gasteiger charge is -2.17. The van der Waals surface area contributed by atoms with Crippen LogP contribution in [0.5, 0.6) is 0 Å². The first kappa shape index (κ1) is 17.4. The van der Waals surface area contributed by atoms with Gasteiger partial charge in [0.1, 0.15) is 0 Å². The molecule has 0 heterocycles. The number of benzene rings is 1. The van der Waals surface area contributed by atoms with Gasteiger partial charge in [0.25, 0.3) is 9.05 Å². The van der Waals surface area contributed by atoms with E-state index in [1.807, 2.05) is 6.92 Å². The van der Waals surface area contributed by atoms with Crippen molar-refractivity contribution in [3.8, 4) is 0 Å². The lowest BCUT2D eigenvalue weighted by Crippen LogP contribution is -2.28. The monoisotopic (exact) mass is 339 g/mol. The Labute approximate surface area is 125 Å². The molecule has 0 aliphatic rings. The predicted molar refractivity (Wildman–Crippen MR) is 78.8 cm³/mol. The lowest BCUT2D eigenvalue weighted by atomic mass is 10.2. The van der Waals surface area contributed by atoms with Crippen LogP contribution in [0.25, 0.3) is 0 Å². The van der Waals surface area contributed by atoms with Crippen LogP contribution >= 0.6 is 10.7 Å². The lowest BCUT2D eigenvalue weighted by molar-refractivity contribution is 0.454. The van der Waals surface area contributed by atoms with Crippen molar-refractivity contribution in [1.82, 2.24) is 4.31 Å². The third-order valence-corrected chi connectivity index (χ3v) is 6.13. The highest BCUT2D eigenvalue weighted by Gasteiger charge is 2.21. The highest BCUT2D eigenvalue weighted by molar-refractivity contribution is 8.13. The molecule has 0 saturated heterocycles. The van der Waals surface area contributed by atoms with Crippen LogP contribution in [0.1, 0.15) is 26.2 Å². The molecule has 0 radical (unpaired) electrons. The predicted octanol–water partition coefficient (Wildman–Crippen LogP) is 2.42. The molecule has 8 heteroatoms. The summed E-state index contributed by atoms with van der Waals surface area (Å²) < 4.78 is 47.9. The highest BCUT2D eigenvalue weighted by Crippen LogP contribution is 2.20. The number of unbranched alkanes of at least 4 members (excludes halogenated alkanes) is 2. The highest BCUT2D eigenvalue weighted by atomic mass is 35.7. The van der Waals surface area contributed by atoms with Gasteiger partial charge in [-0.3, -0.25) is 0 Å². The molecule has 0 atom stereocenters. The van der Waals surface area contributed by atoms with E-state index in [4.69, 9.17) is 10.7 Å². The second kappa shape index (κ2) is 6.89. The van der Waals surface area contributed by atoms with E-state index in [9.17, 15) is 16.8 Å². The fourth-order valence-electron chi connectivity index (χ4n) is 1.66. The fourth-order valence-corrected chi connectivity index (χ4v) is 3.64. The Morgan fingerprint density at radius 1 is 1.00 bits per heavy atom. The van der Waals surface area contributed by atoms with Crippen LogP contribution in [0.2, 0.25) is 0 Å². The molecule has 1 rings (SSSR count). The Morgan fingerprint density at radius 3 is 1.95 bits per heavy atom. The summed E-state index contributed by atoms with van der Waals surface area (Å²) in [6, 6.07) is 4.88. The zero-order chi connectivity index (χ0) is 15.4. The van der Waals surface area contributed by atoms with Crippen molar-refractivity contribution in [2.45, 2.75) is 36.0 Å². The van der Waals surface area contributed by atoms with E-state index in [-0.39, 0.29) is 9.79 Å². The number of hydrogen-bond donors (Lipinski definition) is 0. The topological polar surface area (TPSA) is 71.5 Å². The Balaban J connectivity index is 2.93. The molecule has 5 nitrogen and oxygen atoms in total. The molecular weight excluding hydrogens is 322 g/mol. The van der Waals surface area contributed by atoms with Gasteiger partial charge in [0.2, 0.25) is 10.0 Å². The number of rotatable bonds is 7. The molecular formula is C12H18ClNO4S2. The minimum Gasteiger partial charge on any atom is -0.207 e. The zero-order valence-corrected chi connectivity index (χ0v) is 13.8. The minimum absolute atomic E-state index is 0.0561. The van der Waals surface area contributed by atoms with Crippen LogP contribution in [0.4, 0.5) is 0 Å². The zero-order valence-electron chi connectivity index (χ0n) is 11.4. The van der Waals surface area contributed by atoms with Gasteiger partial charge in [0.15, 0.2) is 0 Å². The maximum atomic E-state index is 12.2. The summed E-state index contributed by atoms with van der Waals surface area (Å²) in [5.74, 6) is 0. The van der Waals surface area contributed by atoms with E-state index in [0.29, 0.717) is 6.54 Å². The Hall–Kier alpha value is -0.630. The van der Waals surface area contributed by atoms with E-state index in [2.05, 4.69) is 0 Å². The molecule has 0 aliphatic heterocycles. The van der Waals surface area contributed by atoms with Crippen molar-refractivity contribution in [1.29, 1.82) is 0 Å². The molecule has 0 spiro atoms. The second-order valence-corrected chi connectivity index (χ2v) is 9.05. The largest absolute Gasteiger partial charge is 0.261 e. The standard InChI is InChI=1S/C12H18ClNO4S2/c1-3-4-5-10-14(2)20(17,18)12-8-6-11(7-9-12)19(13,15)16/h6-9H,3-5,10H2,1-2H3. The van der Waals surface area contributed by atoms with Crippen molar-refractivity contribution < 1.29 is 16.8 Å². The SMILES string of the molecule is CCCCCN(C)S(=O)(=O)c1ccc(S(=O)(=O)Cl)cc1. The smallest absolute Gasteiger partial charge is 0.207 e. The van der Waals surface area contributed by atoms with Crippen LogP contribution in [-0.2, 0) is 19.1 Å². The van der Waals surface area contributed by atoms with Gasteiger partial charge in [-0.1, -0.05) is 19.8 Å². The third kappa shape index (κ3) is 4.44. The van der Waals surface area contributed by atoms with Gasteiger partial charge in [-0.15, -0.1) is 0 Å². The van der Waals surface area contributed by atoms with Crippen molar-refractivity contribution in [2.75, 3.05) is 13.6 Å². The van der Waals surface area contributed by atoms with E-state index < -0.39 is 19.1 Å². The Kier molecular flexibility index (Phi) is 6.00. The van der Waals surface area contributed by atoms with E-state index >= 15 is 0 Å². The second-order valence-electron chi connectivity index (χ2n) is 4.44. The molecule has 114 valence electrons. The average Bonchev–Trinajstić information content (AvgIpc) is 2.38. The Morgan fingerprint density at radius 2 is 1.50 bits per heavy atom. The van der Waals surface area contributed by atoms with Gasteiger partial charge in [-0.05, 0) is 30.7 Å². The van der Waals surface area contributed by atoms with Crippen molar-refractivity contribution >= 4 is 29.8 Å². The summed E-state index contributed by atoms with van der Waals surface area (Å²) in [5, 5.41) is 0. The molecule has 0 fully saturated rings. The van der Waals surface area contributed by atoms with Gasteiger partial charge < -0.3 is 0 Å². The summed E-state index contributed by atoms with van der Waals surface area (Å²) in [6.45, 7) is 2.48. The number of sulfonamides is 1. The first-order valence-corrected chi connectivity index (χ1v) is 9.95. The van der Waals surface area contributed by atoms with Crippen LogP contribution < -0.4 is 0 Å². The molecule has 0 aromatic heterocycles. The van der Waals surface area contributed by atoms with E-state index in [0.717, 1.165) is 19.3 Å². The van der Waals surface area contributed by atoms with Gasteiger partial charge in [-0.2, -0.15) is 0 Å². The minimum atomic E-state index is -3.84. The van der Waals surface area contributed by atoms with E-state index in [1.54, 1.807) is 0 Å². The van der Waals surface area contributed by atoms with Crippen LogP contribution in [-0.4, -0.2) is 34.7 Å².